The van der Waals surface area contributed by atoms with E-state index in [1.807, 2.05) is 39.0 Å². The molecule has 4 rings (SSSR count). The summed E-state index contributed by atoms with van der Waals surface area (Å²) < 4.78 is 12.5. The van der Waals surface area contributed by atoms with Gasteiger partial charge >= 0.3 is 5.97 Å². The largest absolute Gasteiger partial charge is 0.496 e. The van der Waals surface area contributed by atoms with Gasteiger partial charge in [0.2, 0.25) is 0 Å². The number of carbonyl (C=O) groups is 1. The smallest absolute Gasteiger partial charge is 0.342 e. The van der Waals surface area contributed by atoms with Crippen LogP contribution in [0.15, 0.2) is 24.4 Å². The van der Waals surface area contributed by atoms with Crippen molar-refractivity contribution in [2.24, 2.45) is 5.73 Å². The van der Waals surface area contributed by atoms with Crippen LogP contribution in [0.5, 0.6) is 5.75 Å². The van der Waals surface area contributed by atoms with E-state index in [0.29, 0.717) is 28.3 Å². The second kappa shape index (κ2) is 8.75. The Morgan fingerprint density at radius 3 is 2.47 bits per heavy atom. The number of nitrogens with two attached hydrogens (primary N) is 2. The van der Waals surface area contributed by atoms with Gasteiger partial charge in [0.15, 0.2) is 5.65 Å². The van der Waals surface area contributed by atoms with Crippen molar-refractivity contribution >= 4 is 22.8 Å². The number of nitrogens with zero attached hydrogens (tertiary/aromatic N) is 4. The van der Waals surface area contributed by atoms with Crippen molar-refractivity contribution in [2.75, 3.05) is 20.0 Å². The average molecular weight is 461 g/mol. The minimum atomic E-state index is -0.576. The van der Waals surface area contributed by atoms with Gasteiger partial charge in [-0.15, -0.1) is 0 Å². The van der Waals surface area contributed by atoms with Crippen LogP contribution in [0.3, 0.4) is 0 Å². The maximum atomic E-state index is 13.0. The Morgan fingerprint density at radius 2 is 1.82 bits per heavy atom. The van der Waals surface area contributed by atoms with E-state index in [9.17, 15) is 4.79 Å². The van der Waals surface area contributed by atoms with E-state index in [1.165, 1.54) is 7.11 Å². The molecule has 1 aromatic carbocycles. The maximum absolute atomic E-state index is 13.0. The van der Waals surface area contributed by atoms with Gasteiger partial charge in [0.25, 0.3) is 0 Å². The number of aromatic nitrogens is 4. The second-order valence-corrected chi connectivity index (χ2v) is 8.09. The first-order chi connectivity index (χ1) is 16.2. The van der Waals surface area contributed by atoms with Crippen LogP contribution >= 0.6 is 0 Å². The number of anilines is 1. The Kier molecular flexibility index (Phi) is 5.97. The zero-order valence-electron chi connectivity index (χ0n) is 20.2. The summed E-state index contributed by atoms with van der Waals surface area (Å²) in [6, 6.07) is 5.68. The molecule has 0 amide bonds. The van der Waals surface area contributed by atoms with E-state index in [0.717, 1.165) is 33.6 Å². The third-order valence-corrected chi connectivity index (χ3v) is 6.11. The molecular weight excluding hydrogens is 432 g/mol. The summed E-state index contributed by atoms with van der Waals surface area (Å²) in [6.07, 6.45) is 1.70. The minimum absolute atomic E-state index is 0.201. The molecule has 0 atom stereocenters. The molecule has 0 aliphatic rings. The molecule has 4 aromatic rings. The monoisotopic (exact) mass is 460 g/mol. The van der Waals surface area contributed by atoms with Gasteiger partial charge < -0.3 is 20.9 Å². The third-order valence-electron chi connectivity index (χ3n) is 6.11. The lowest BCUT2D eigenvalue weighted by Crippen LogP contribution is -2.09. The lowest BCUT2D eigenvalue weighted by atomic mass is 10.00. The number of rotatable bonds is 5. The topological polar surface area (TPSA) is 131 Å². The summed E-state index contributed by atoms with van der Waals surface area (Å²) in [4.78, 5) is 26.9. The van der Waals surface area contributed by atoms with E-state index in [2.05, 4.69) is 4.98 Å². The van der Waals surface area contributed by atoms with Crippen molar-refractivity contribution in [1.82, 2.24) is 19.5 Å². The number of ether oxygens (including phenoxy) is 2. The molecule has 34 heavy (non-hydrogen) atoms. The predicted molar refractivity (Wildman–Crippen MR) is 131 cm³/mol. The molecule has 0 aliphatic heterocycles. The molecule has 0 unspecified atom stereocenters. The molecular formula is C25H28N6O3. The fourth-order valence-corrected chi connectivity index (χ4v) is 4.49. The van der Waals surface area contributed by atoms with Crippen LogP contribution in [-0.2, 0) is 11.3 Å². The quantitative estimate of drug-likeness (QED) is 0.432. The first-order valence-corrected chi connectivity index (χ1v) is 10.8. The number of hydrogen-bond donors (Lipinski definition) is 2. The van der Waals surface area contributed by atoms with Gasteiger partial charge in [-0.1, -0.05) is 6.07 Å². The number of fused-ring (bicyclic) bond motifs is 1. The number of carbonyl (C=O) groups excluding carboxylic acids is 1. The van der Waals surface area contributed by atoms with E-state index in [-0.39, 0.29) is 17.9 Å². The van der Waals surface area contributed by atoms with E-state index in [1.54, 1.807) is 24.8 Å². The van der Waals surface area contributed by atoms with E-state index >= 15 is 0 Å². The Labute approximate surface area is 197 Å². The third kappa shape index (κ3) is 3.45. The van der Waals surface area contributed by atoms with E-state index < -0.39 is 5.97 Å². The van der Waals surface area contributed by atoms with Crippen LogP contribution in [0.25, 0.3) is 28.0 Å². The van der Waals surface area contributed by atoms with Gasteiger partial charge in [0, 0.05) is 29.6 Å². The van der Waals surface area contributed by atoms with Crippen molar-refractivity contribution < 1.29 is 14.3 Å². The molecule has 0 saturated heterocycles. The summed E-state index contributed by atoms with van der Waals surface area (Å²) in [7, 11) is 2.94. The molecule has 9 nitrogen and oxygen atoms in total. The molecule has 4 N–H and O–H groups in total. The number of benzene rings is 1. The number of methoxy groups -OCH3 is 2. The highest BCUT2D eigenvalue weighted by Gasteiger charge is 2.29. The first kappa shape index (κ1) is 23.2. The van der Waals surface area contributed by atoms with Gasteiger partial charge in [0.1, 0.15) is 23.0 Å². The average Bonchev–Trinajstić information content (AvgIpc) is 3.09. The van der Waals surface area contributed by atoms with Crippen molar-refractivity contribution in [3.05, 3.63) is 58.2 Å². The Hall–Kier alpha value is -3.98. The maximum Gasteiger partial charge on any atom is 0.342 e. The van der Waals surface area contributed by atoms with Gasteiger partial charge in [-0.3, -0.25) is 9.55 Å². The van der Waals surface area contributed by atoms with Crippen molar-refractivity contribution in [3.8, 4) is 22.7 Å². The molecule has 0 bridgehead atoms. The van der Waals surface area contributed by atoms with Crippen molar-refractivity contribution in [1.29, 1.82) is 0 Å². The van der Waals surface area contributed by atoms with Crippen molar-refractivity contribution in [3.63, 3.8) is 0 Å². The molecule has 0 spiro atoms. The van der Waals surface area contributed by atoms with Gasteiger partial charge in [-0.2, -0.15) is 0 Å². The highest BCUT2D eigenvalue weighted by molar-refractivity contribution is 6.13. The molecule has 0 radical (unpaired) electrons. The normalized spacial score (nSPS) is 11.1. The van der Waals surface area contributed by atoms with Crippen LogP contribution in [-0.4, -0.2) is 39.7 Å². The number of nitrogen functional groups attached to an aromatic ring is 1. The van der Waals surface area contributed by atoms with Crippen molar-refractivity contribution in [2.45, 2.75) is 34.2 Å². The Bertz CT molecular complexity index is 1440. The van der Waals surface area contributed by atoms with Crippen LogP contribution < -0.4 is 16.2 Å². The lowest BCUT2D eigenvalue weighted by molar-refractivity contribution is 0.0604. The standard InChI is InChI=1S/C25H28N6O3/c1-12-7-8-18(33-5)13(2)22(12)31-23(27)20(25(32)34-6)19-21(29-15(4)30-24(19)31)16-9-10-28-14(3)17(16)11-26/h7-10H,11,26-27H2,1-6H3. The van der Waals surface area contributed by atoms with Gasteiger partial charge in [-0.05, 0) is 51.0 Å². The fourth-order valence-electron chi connectivity index (χ4n) is 4.49. The van der Waals surface area contributed by atoms with Gasteiger partial charge in [-0.25, -0.2) is 14.8 Å². The summed E-state index contributed by atoms with van der Waals surface area (Å²) in [6.45, 7) is 7.87. The molecule has 0 fully saturated rings. The molecule has 0 saturated carbocycles. The summed E-state index contributed by atoms with van der Waals surface area (Å²) >= 11 is 0. The second-order valence-electron chi connectivity index (χ2n) is 8.09. The summed E-state index contributed by atoms with van der Waals surface area (Å²) in [5.41, 5.74) is 19.0. The Morgan fingerprint density at radius 1 is 1.09 bits per heavy atom. The number of hydrogen-bond acceptors (Lipinski definition) is 8. The highest BCUT2D eigenvalue weighted by Crippen LogP contribution is 2.40. The van der Waals surface area contributed by atoms with E-state index in [4.69, 9.17) is 30.9 Å². The molecule has 9 heteroatoms. The lowest BCUT2D eigenvalue weighted by Gasteiger charge is -2.17. The summed E-state index contributed by atoms with van der Waals surface area (Å²) in [5, 5.41) is 0.497. The zero-order valence-corrected chi connectivity index (χ0v) is 20.2. The Balaban J connectivity index is 2.24. The zero-order chi connectivity index (χ0) is 24.7. The predicted octanol–water partition coefficient (Wildman–Crippen LogP) is 3.55. The van der Waals surface area contributed by atoms with Gasteiger partial charge in [0.05, 0.1) is 31.0 Å². The van der Waals surface area contributed by atoms with Crippen LogP contribution in [0.2, 0.25) is 0 Å². The fraction of sp³-hybridized carbons (Fsp3) is 0.280. The first-order valence-electron chi connectivity index (χ1n) is 10.8. The number of aryl methyl sites for hydroxylation is 3. The van der Waals surface area contributed by atoms with Crippen LogP contribution in [0.1, 0.15) is 38.6 Å². The molecule has 176 valence electrons. The highest BCUT2D eigenvalue weighted by atomic mass is 16.5. The molecule has 3 heterocycles. The van der Waals surface area contributed by atoms with Crippen LogP contribution in [0.4, 0.5) is 5.82 Å². The molecule has 3 aromatic heterocycles. The van der Waals surface area contributed by atoms with Crippen LogP contribution in [0, 0.1) is 27.7 Å². The SMILES string of the molecule is COC(=O)c1c(N)n(-c2c(C)ccc(OC)c2C)c2nc(C)nc(-c3ccnc(C)c3CN)c12. The summed E-state index contributed by atoms with van der Waals surface area (Å²) in [5.74, 6) is 0.853. The minimum Gasteiger partial charge on any atom is -0.496 e. The number of esters is 1. The number of pyridine rings is 1. The molecule has 0 aliphatic carbocycles.